The lowest BCUT2D eigenvalue weighted by atomic mass is 10.0. The van der Waals surface area contributed by atoms with E-state index in [0.29, 0.717) is 13.1 Å². The molecular formula is C15H23NO2. The third-order valence-corrected chi connectivity index (χ3v) is 2.90. The van der Waals surface area contributed by atoms with E-state index in [4.69, 9.17) is 0 Å². The number of nitrogens with zero attached hydrogens (tertiary/aromatic N) is 1. The Hall–Kier alpha value is -1.19. The van der Waals surface area contributed by atoms with Crippen LogP contribution in [-0.4, -0.2) is 41.5 Å². The molecule has 0 spiro atoms. The molecule has 0 heterocycles. The van der Waals surface area contributed by atoms with Crippen LogP contribution in [0.3, 0.4) is 0 Å². The van der Waals surface area contributed by atoms with Gasteiger partial charge >= 0.3 is 0 Å². The summed E-state index contributed by atoms with van der Waals surface area (Å²) >= 11 is 0. The predicted octanol–water partition coefficient (Wildman–Crippen LogP) is 2.19. The van der Waals surface area contributed by atoms with Crippen molar-refractivity contribution in [3.63, 3.8) is 0 Å². The number of ketones is 1. The highest BCUT2D eigenvalue weighted by atomic mass is 16.3. The number of carbonyl (C=O) groups excluding carboxylic acids is 1. The zero-order chi connectivity index (χ0) is 13.9. The summed E-state index contributed by atoms with van der Waals surface area (Å²) in [7, 11) is 1.84. The van der Waals surface area contributed by atoms with E-state index in [1.165, 1.54) is 5.56 Å². The standard InChI is InChI=1S/C15H23NO2/c1-11-6-7-13(8-12(11)2)14(17)9-16(5)10-15(3,4)18/h6-8,18H,9-10H2,1-5H3. The van der Waals surface area contributed by atoms with E-state index in [1.54, 1.807) is 13.8 Å². The average Bonchev–Trinajstić information content (AvgIpc) is 2.18. The number of carbonyl (C=O) groups is 1. The Bertz CT molecular complexity index is 433. The van der Waals surface area contributed by atoms with Gasteiger partial charge in [-0.2, -0.15) is 0 Å². The van der Waals surface area contributed by atoms with Crippen LogP contribution >= 0.6 is 0 Å². The van der Waals surface area contributed by atoms with Crippen molar-refractivity contribution in [2.24, 2.45) is 0 Å². The first-order valence-corrected chi connectivity index (χ1v) is 6.20. The maximum Gasteiger partial charge on any atom is 0.176 e. The molecule has 0 fully saturated rings. The number of aliphatic hydroxyl groups is 1. The quantitative estimate of drug-likeness (QED) is 0.813. The Balaban J connectivity index is 2.68. The van der Waals surface area contributed by atoms with Crippen LogP contribution < -0.4 is 0 Å². The highest BCUT2D eigenvalue weighted by Gasteiger charge is 2.18. The van der Waals surface area contributed by atoms with Crippen LogP contribution in [0.4, 0.5) is 0 Å². The molecule has 100 valence electrons. The first-order chi connectivity index (χ1) is 8.19. The van der Waals surface area contributed by atoms with Crippen molar-refractivity contribution >= 4 is 5.78 Å². The van der Waals surface area contributed by atoms with Gasteiger partial charge in [-0.3, -0.25) is 9.69 Å². The molecule has 0 aliphatic rings. The number of Topliss-reactive ketones (excluding diaryl/α,β-unsaturated/α-hetero) is 1. The van der Waals surface area contributed by atoms with Crippen LogP contribution in [0.2, 0.25) is 0 Å². The van der Waals surface area contributed by atoms with E-state index in [9.17, 15) is 9.90 Å². The zero-order valence-corrected chi connectivity index (χ0v) is 11.9. The molecule has 1 N–H and O–H groups in total. The van der Waals surface area contributed by atoms with E-state index in [-0.39, 0.29) is 5.78 Å². The molecular weight excluding hydrogens is 226 g/mol. The van der Waals surface area contributed by atoms with E-state index in [2.05, 4.69) is 0 Å². The van der Waals surface area contributed by atoms with Crippen LogP contribution in [0.15, 0.2) is 18.2 Å². The summed E-state index contributed by atoms with van der Waals surface area (Å²) in [6, 6.07) is 5.76. The third-order valence-electron chi connectivity index (χ3n) is 2.90. The molecule has 0 aromatic heterocycles. The molecule has 1 aromatic carbocycles. The summed E-state index contributed by atoms with van der Waals surface area (Å²) in [6.07, 6.45) is 0. The summed E-state index contributed by atoms with van der Waals surface area (Å²) in [5.74, 6) is 0.0878. The van der Waals surface area contributed by atoms with E-state index in [1.807, 2.05) is 44.0 Å². The first-order valence-electron chi connectivity index (χ1n) is 6.20. The van der Waals surface area contributed by atoms with Gasteiger partial charge in [0.1, 0.15) is 0 Å². The van der Waals surface area contributed by atoms with E-state index < -0.39 is 5.60 Å². The molecule has 0 saturated heterocycles. The van der Waals surface area contributed by atoms with Crippen molar-refractivity contribution < 1.29 is 9.90 Å². The molecule has 1 rings (SSSR count). The molecule has 0 aliphatic carbocycles. The number of benzene rings is 1. The van der Waals surface area contributed by atoms with E-state index >= 15 is 0 Å². The third kappa shape index (κ3) is 4.59. The van der Waals surface area contributed by atoms with Gasteiger partial charge in [0.2, 0.25) is 0 Å². The number of hydrogen-bond donors (Lipinski definition) is 1. The fourth-order valence-electron chi connectivity index (χ4n) is 1.97. The van der Waals surface area contributed by atoms with Gasteiger partial charge in [0.05, 0.1) is 12.1 Å². The molecule has 3 nitrogen and oxygen atoms in total. The normalized spacial score (nSPS) is 11.9. The Kier molecular flexibility index (Phi) is 4.65. The fourth-order valence-corrected chi connectivity index (χ4v) is 1.97. The summed E-state index contributed by atoms with van der Waals surface area (Å²) in [4.78, 5) is 13.9. The van der Waals surface area contributed by atoms with Crippen molar-refractivity contribution in [1.29, 1.82) is 0 Å². The molecule has 1 aromatic rings. The summed E-state index contributed by atoms with van der Waals surface area (Å²) in [5.41, 5.74) is 2.28. The van der Waals surface area contributed by atoms with Crippen LogP contribution in [0, 0.1) is 13.8 Å². The van der Waals surface area contributed by atoms with Crippen molar-refractivity contribution in [1.82, 2.24) is 4.90 Å². The second-order valence-corrected chi connectivity index (χ2v) is 5.71. The molecule has 0 saturated carbocycles. The van der Waals surface area contributed by atoms with Gasteiger partial charge in [0, 0.05) is 12.1 Å². The minimum absolute atomic E-state index is 0.0878. The maximum absolute atomic E-state index is 12.1. The highest BCUT2D eigenvalue weighted by molar-refractivity contribution is 5.97. The van der Waals surface area contributed by atoms with Crippen molar-refractivity contribution in [2.75, 3.05) is 20.1 Å². The van der Waals surface area contributed by atoms with Gasteiger partial charge in [-0.15, -0.1) is 0 Å². The Morgan fingerprint density at radius 1 is 1.28 bits per heavy atom. The van der Waals surface area contributed by atoms with Gasteiger partial charge in [0.15, 0.2) is 5.78 Å². The smallest absolute Gasteiger partial charge is 0.176 e. The molecule has 0 radical (unpaired) electrons. The molecule has 0 bridgehead atoms. The van der Waals surface area contributed by atoms with Crippen LogP contribution in [-0.2, 0) is 0 Å². The molecule has 18 heavy (non-hydrogen) atoms. The number of rotatable bonds is 5. The predicted molar refractivity (Wildman–Crippen MR) is 74.0 cm³/mol. The van der Waals surface area contributed by atoms with Gasteiger partial charge in [-0.05, 0) is 51.9 Å². The zero-order valence-electron chi connectivity index (χ0n) is 11.9. The lowest BCUT2D eigenvalue weighted by Crippen LogP contribution is -2.38. The molecule has 0 amide bonds. The SMILES string of the molecule is Cc1ccc(C(=O)CN(C)CC(C)(C)O)cc1C. The van der Waals surface area contributed by atoms with Crippen LogP contribution in [0.1, 0.15) is 35.3 Å². The van der Waals surface area contributed by atoms with Crippen LogP contribution in [0.5, 0.6) is 0 Å². The first kappa shape index (κ1) is 14.9. The molecule has 3 heteroatoms. The number of likely N-dealkylation sites (N-methyl/N-ethyl adjacent to an activating group) is 1. The fraction of sp³-hybridized carbons (Fsp3) is 0.533. The molecule has 0 aliphatic heterocycles. The topological polar surface area (TPSA) is 40.5 Å². The maximum atomic E-state index is 12.1. The lowest BCUT2D eigenvalue weighted by molar-refractivity contribution is 0.0439. The highest BCUT2D eigenvalue weighted by Crippen LogP contribution is 2.11. The van der Waals surface area contributed by atoms with Gasteiger partial charge in [-0.25, -0.2) is 0 Å². The lowest BCUT2D eigenvalue weighted by Gasteiger charge is -2.24. The Labute approximate surface area is 109 Å². The minimum atomic E-state index is -0.780. The number of aryl methyl sites for hydroxylation is 2. The second kappa shape index (κ2) is 5.63. The minimum Gasteiger partial charge on any atom is -0.389 e. The van der Waals surface area contributed by atoms with Crippen molar-refractivity contribution in [3.05, 3.63) is 34.9 Å². The monoisotopic (exact) mass is 249 g/mol. The Morgan fingerprint density at radius 3 is 2.39 bits per heavy atom. The molecule has 0 unspecified atom stereocenters. The van der Waals surface area contributed by atoms with Crippen molar-refractivity contribution in [3.8, 4) is 0 Å². The van der Waals surface area contributed by atoms with Crippen molar-refractivity contribution in [2.45, 2.75) is 33.3 Å². The van der Waals surface area contributed by atoms with Gasteiger partial charge < -0.3 is 5.11 Å². The average molecular weight is 249 g/mol. The Morgan fingerprint density at radius 2 is 1.89 bits per heavy atom. The summed E-state index contributed by atoms with van der Waals surface area (Å²) < 4.78 is 0. The number of hydrogen-bond acceptors (Lipinski definition) is 3. The largest absolute Gasteiger partial charge is 0.389 e. The van der Waals surface area contributed by atoms with E-state index in [0.717, 1.165) is 11.1 Å². The molecule has 0 atom stereocenters. The van der Waals surface area contributed by atoms with Crippen LogP contribution in [0.25, 0.3) is 0 Å². The van der Waals surface area contributed by atoms with Gasteiger partial charge in [0.25, 0.3) is 0 Å². The summed E-state index contributed by atoms with van der Waals surface area (Å²) in [5, 5.41) is 9.70. The van der Waals surface area contributed by atoms with Gasteiger partial charge in [-0.1, -0.05) is 12.1 Å². The second-order valence-electron chi connectivity index (χ2n) is 5.71. The summed E-state index contributed by atoms with van der Waals surface area (Å²) in [6.45, 7) is 8.32.